The van der Waals surface area contributed by atoms with E-state index in [1.54, 1.807) is 38.0 Å². The first-order valence-corrected chi connectivity index (χ1v) is 10.7. The van der Waals surface area contributed by atoms with E-state index in [1.165, 1.54) is 6.33 Å². The van der Waals surface area contributed by atoms with Crippen LogP contribution in [-0.4, -0.2) is 58.1 Å². The number of hydrogen-bond donors (Lipinski definition) is 0. The Morgan fingerprint density at radius 3 is 2.56 bits per heavy atom. The smallest absolute Gasteiger partial charge is 0.474 e. The maximum atomic E-state index is 12.5. The Bertz CT molecular complexity index is 919. The van der Waals surface area contributed by atoms with Gasteiger partial charge in [-0.25, -0.2) is 14.8 Å². The van der Waals surface area contributed by atoms with Gasteiger partial charge in [0.1, 0.15) is 12.4 Å². The predicted octanol–water partition coefficient (Wildman–Crippen LogP) is 4.11. The number of aromatic nitrogens is 3. The number of pyridine rings is 1. The minimum atomic E-state index is -0.699. The predicted molar refractivity (Wildman–Crippen MR) is 113 cm³/mol. The molecular formula is C22H29FN4O5. The lowest BCUT2D eigenvalue weighted by molar-refractivity contribution is -0.151. The zero-order valence-corrected chi connectivity index (χ0v) is 18.8. The van der Waals surface area contributed by atoms with Gasteiger partial charge in [-0.1, -0.05) is 0 Å². The molecule has 2 aromatic rings. The molecular weight excluding hydrogens is 419 g/mol. The Labute approximate surface area is 186 Å². The molecule has 0 saturated carbocycles. The van der Waals surface area contributed by atoms with E-state index in [4.69, 9.17) is 19.0 Å². The first-order chi connectivity index (χ1) is 15.4. The molecule has 0 bridgehead atoms. The number of halogens is 1. The fourth-order valence-electron chi connectivity index (χ4n) is 3.21. The molecule has 0 radical (unpaired) electrons. The zero-order valence-electron chi connectivity index (χ0n) is 18.8. The first-order valence-electron chi connectivity index (χ1n) is 10.7. The van der Waals surface area contributed by atoms with Gasteiger partial charge in [0.15, 0.2) is 5.75 Å². The van der Waals surface area contributed by atoms with Gasteiger partial charge in [-0.05, 0) is 39.8 Å². The van der Waals surface area contributed by atoms with E-state index in [1.807, 2.05) is 6.92 Å². The van der Waals surface area contributed by atoms with Crippen molar-refractivity contribution >= 4 is 6.16 Å². The number of carbonyl (C=O) groups is 1. The normalized spacial score (nSPS) is 14.9. The summed E-state index contributed by atoms with van der Waals surface area (Å²) in [6, 6.07) is 3.50. The van der Waals surface area contributed by atoms with E-state index in [9.17, 15) is 9.18 Å². The number of ether oxygens (including phenoxy) is 3. The third-order valence-electron chi connectivity index (χ3n) is 4.86. The molecule has 3 heterocycles. The second-order valence-electron chi connectivity index (χ2n) is 7.79. The van der Waals surface area contributed by atoms with E-state index in [-0.39, 0.29) is 18.6 Å². The van der Waals surface area contributed by atoms with Crippen molar-refractivity contribution in [1.82, 2.24) is 20.0 Å². The van der Waals surface area contributed by atoms with Crippen molar-refractivity contribution in [2.24, 2.45) is 0 Å². The molecule has 3 rings (SSSR count). The third kappa shape index (κ3) is 6.49. The van der Waals surface area contributed by atoms with Crippen molar-refractivity contribution in [1.29, 1.82) is 0 Å². The summed E-state index contributed by atoms with van der Waals surface area (Å²) in [5.41, 5.74) is 1.99. The van der Waals surface area contributed by atoms with E-state index in [2.05, 4.69) is 15.0 Å². The van der Waals surface area contributed by atoms with Crippen LogP contribution in [0.4, 0.5) is 9.18 Å². The molecule has 0 amide bonds. The lowest BCUT2D eigenvalue weighted by atomic mass is 10.1. The van der Waals surface area contributed by atoms with Gasteiger partial charge in [-0.15, -0.1) is 5.06 Å². The average Bonchev–Trinajstić information content (AvgIpc) is 2.74. The van der Waals surface area contributed by atoms with Crippen LogP contribution in [0.5, 0.6) is 17.5 Å². The van der Waals surface area contributed by atoms with E-state index >= 15 is 0 Å². The van der Waals surface area contributed by atoms with Crippen molar-refractivity contribution in [2.45, 2.75) is 59.2 Å². The molecule has 2 aromatic heterocycles. The summed E-state index contributed by atoms with van der Waals surface area (Å²) in [6.45, 7) is 7.77. The molecule has 0 aliphatic carbocycles. The fourth-order valence-corrected chi connectivity index (χ4v) is 3.21. The quantitative estimate of drug-likeness (QED) is 0.553. The summed E-state index contributed by atoms with van der Waals surface area (Å²) < 4.78 is 29.5. The van der Waals surface area contributed by atoms with Crippen molar-refractivity contribution in [3.8, 4) is 17.5 Å². The minimum absolute atomic E-state index is 0.0826. The molecule has 0 N–H and O–H groups in total. The van der Waals surface area contributed by atoms with Crippen LogP contribution in [0.2, 0.25) is 0 Å². The number of rotatable bonds is 8. The Hall–Kier alpha value is -3.01. The molecule has 0 spiro atoms. The van der Waals surface area contributed by atoms with Crippen LogP contribution in [0.3, 0.4) is 0 Å². The summed E-state index contributed by atoms with van der Waals surface area (Å²) in [5.74, 6) is 1.35. The number of carbonyl (C=O) groups excluding carboxylic acids is 1. The fraction of sp³-hybridized carbons (Fsp3) is 0.545. The van der Waals surface area contributed by atoms with Crippen LogP contribution in [0, 0.1) is 13.8 Å². The Kier molecular flexibility index (Phi) is 8.15. The second kappa shape index (κ2) is 11.0. The molecule has 32 heavy (non-hydrogen) atoms. The lowest BCUT2D eigenvalue weighted by Crippen LogP contribution is -2.40. The van der Waals surface area contributed by atoms with Crippen molar-refractivity contribution in [3.05, 3.63) is 35.4 Å². The van der Waals surface area contributed by atoms with E-state index in [0.29, 0.717) is 60.4 Å². The van der Waals surface area contributed by atoms with Crippen LogP contribution in [-0.2, 0) is 16.0 Å². The maximum Gasteiger partial charge on any atom is 0.528 e. The van der Waals surface area contributed by atoms with Gasteiger partial charge in [-0.2, -0.15) is 0 Å². The van der Waals surface area contributed by atoms with Gasteiger partial charge in [0.2, 0.25) is 11.8 Å². The second-order valence-corrected chi connectivity index (χ2v) is 7.79. The number of nitrogens with zero attached hydrogens (tertiary/aromatic N) is 4. The van der Waals surface area contributed by atoms with Gasteiger partial charge in [0, 0.05) is 38.0 Å². The summed E-state index contributed by atoms with van der Waals surface area (Å²) in [7, 11) is 0. The summed E-state index contributed by atoms with van der Waals surface area (Å²) in [6.07, 6.45) is 1.97. The summed E-state index contributed by atoms with van der Waals surface area (Å²) in [5, 5.41) is 1.58. The largest absolute Gasteiger partial charge is 0.528 e. The van der Waals surface area contributed by atoms with Gasteiger partial charge in [0.05, 0.1) is 24.0 Å². The topological polar surface area (TPSA) is 95.9 Å². The van der Waals surface area contributed by atoms with Gasteiger partial charge in [-0.3, -0.25) is 9.37 Å². The Morgan fingerprint density at radius 2 is 1.91 bits per heavy atom. The average molecular weight is 448 g/mol. The lowest BCUT2D eigenvalue weighted by Gasteiger charge is -2.30. The van der Waals surface area contributed by atoms with E-state index < -0.39 is 12.8 Å². The van der Waals surface area contributed by atoms with Crippen LogP contribution >= 0.6 is 0 Å². The Morgan fingerprint density at radius 1 is 1.19 bits per heavy atom. The van der Waals surface area contributed by atoms with Gasteiger partial charge in [0.25, 0.3) is 0 Å². The highest BCUT2D eigenvalue weighted by atomic mass is 19.1. The highest BCUT2D eigenvalue weighted by molar-refractivity contribution is 5.59. The van der Waals surface area contributed by atoms with Crippen LogP contribution < -0.4 is 9.47 Å². The van der Waals surface area contributed by atoms with Crippen LogP contribution in [0.15, 0.2) is 18.5 Å². The molecule has 1 fully saturated rings. The van der Waals surface area contributed by atoms with E-state index in [0.717, 1.165) is 0 Å². The highest BCUT2D eigenvalue weighted by Gasteiger charge is 2.25. The van der Waals surface area contributed by atoms with Crippen LogP contribution in [0.25, 0.3) is 0 Å². The molecule has 9 nitrogen and oxygen atoms in total. The number of piperidine rings is 1. The van der Waals surface area contributed by atoms with Crippen molar-refractivity contribution in [2.75, 3.05) is 19.8 Å². The monoisotopic (exact) mass is 448 g/mol. The van der Waals surface area contributed by atoms with Crippen molar-refractivity contribution in [3.63, 3.8) is 0 Å². The molecule has 0 atom stereocenters. The number of alkyl halides is 1. The standard InChI is InChI=1S/C22H29FN4O5/c1-14(2)29-22(28)32-27-11-8-18(9-12-27)30-20-15(3)21(25-13-24-20)31-19-6-5-17(7-10-23)26-16(19)4/h5-6,13-14,18H,7-12H2,1-4H3. The Balaban J connectivity index is 1.58. The highest BCUT2D eigenvalue weighted by Crippen LogP contribution is 2.30. The molecule has 1 aliphatic heterocycles. The first kappa shape index (κ1) is 23.6. The minimum Gasteiger partial charge on any atom is -0.474 e. The van der Waals surface area contributed by atoms with Gasteiger partial charge >= 0.3 is 6.16 Å². The number of hydrogen-bond acceptors (Lipinski definition) is 9. The number of aryl methyl sites for hydroxylation is 2. The zero-order chi connectivity index (χ0) is 23.1. The summed E-state index contributed by atoms with van der Waals surface area (Å²) >= 11 is 0. The molecule has 10 heteroatoms. The van der Waals surface area contributed by atoms with Gasteiger partial charge < -0.3 is 19.0 Å². The molecule has 0 unspecified atom stereocenters. The molecule has 0 aromatic carbocycles. The third-order valence-corrected chi connectivity index (χ3v) is 4.86. The van der Waals surface area contributed by atoms with Crippen LogP contribution in [0.1, 0.15) is 43.6 Å². The van der Waals surface area contributed by atoms with Crippen molar-refractivity contribution < 1.29 is 28.2 Å². The molecule has 1 aliphatic rings. The molecule has 1 saturated heterocycles. The summed E-state index contributed by atoms with van der Waals surface area (Å²) in [4.78, 5) is 29.6. The SMILES string of the molecule is Cc1nc(CCF)ccc1Oc1ncnc(OC2CCN(OC(=O)OC(C)C)CC2)c1C. The molecule has 174 valence electrons. The maximum absolute atomic E-state index is 12.5. The number of hydroxylamine groups is 2.